The van der Waals surface area contributed by atoms with Crippen molar-refractivity contribution in [3.63, 3.8) is 0 Å². The molecule has 2 saturated carbocycles. The Labute approximate surface area is 114 Å². The summed E-state index contributed by atoms with van der Waals surface area (Å²) in [5, 5.41) is 2.33. The highest BCUT2D eigenvalue weighted by molar-refractivity contribution is 5.93. The quantitative estimate of drug-likeness (QED) is 0.819. The largest absolute Gasteiger partial charge is 0.327 e. The van der Waals surface area contributed by atoms with Gasteiger partial charge in [-0.3, -0.25) is 4.79 Å². The number of nitrogens with one attached hydrogen (secondary N) is 1. The molecule has 2 bridgehead atoms. The molecule has 2 fully saturated rings. The van der Waals surface area contributed by atoms with Crippen molar-refractivity contribution in [1.82, 2.24) is 0 Å². The first kappa shape index (κ1) is 13.4. The van der Waals surface area contributed by atoms with Gasteiger partial charge in [-0.2, -0.15) is 0 Å². The molecule has 1 aromatic rings. The van der Waals surface area contributed by atoms with Crippen molar-refractivity contribution in [3.8, 4) is 0 Å². The highest BCUT2D eigenvalue weighted by atomic mass is 19.2. The van der Waals surface area contributed by atoms with E-state index in [4.69, 9.17) is 5.73 Å². The van der Waals surface area contributed by atoms with E-state index >= 15 is 0 Å². The van der Waals surface area contributed by atoms with E-state index in [1.54, 1.807) is 0 Å². The van der Waals surface area contributed by atoms with Crippen LogP contribution in [0, 0.1) is 35.2 Å². The lowest BCUT2D eigenvalue weighted by Gasteiger charge is -2.27. The van der Waals surface area contributed by atoms with Gasteiger partial charge in [0.2, 0.25) is 5.91 Å². The Kier molecular flexibility index (Phi) is 3.20. The third-order valence-corrected chi connectivity index (χ3v) is 4.55. The lowest BCUT2D eigenvalue weighted by atomic mass is 9.84. The zero-order chi connectivity index (χ0) is 14.4. The van der Waals surface area contributed by atoms with Gasteiger partial charge in [0.1, 0.15) is 5.82 Å². The lowest BCUT2D eigenvalue weighted by molar-refractivity contribution is -0.121. The third-order valence-electron chi connectivity index (χ3n) is 4.55. The normalized spacial score (nSPS) is 31.6. The summed E-state index contributed by atoms with van der Waals surface area (Å²) in [7, 11) is 0. The summed E-state index contributed by atoms with van der Waals surface area (Å²) >= 11 is 0. The Balaban J connectivity index is 1.78. The molecular weight excluding hydrogens is 269 g/mol. The van der Waals surface area contributed by atoms with E-state index in [0.717, 1.165) is 19.3 Å². The maximum atomic E-state index is 13.5. The van der Waals surface area contributed by atoms with Crippen LogP contribution < -0.4 is 11.1 Å². The molecule has 3 N–H and O–H groups in total. The molecule has 0 heterocycles. The number of benzene rings is 1. The second-order valence-corrected chi connectivity index (χ2v) is 5.67. The minimum Gasteiger partial charge on any atom is -0.327 e. The Morgan fingerprint density at radius 1 is 1.10 bits per heavy atom. The Morgan fingerprint density at radius 2 is 1.75 bits per heavy atom. The predicted octanol–water partition coefficient (Wildman–Crippen LogP) is 2.42. The zero-order valence-electron chi connectivity index (χ0n) is 10.7. The first-order chi connectivity index (χ1) is 9.47. The van der Waals surface area contributed by atoms with Crippen LogP contribution in [-0.4, -0.2) is 11.9 Å². The maximum Gasteiger partial charge on any atom is 0.229 e. The van der Waals surface area contributed by atoms with Crippen LogP contribution in [-0.2, 0) is 4.79 Å². The first-order valence-electron chi connectivity index (χ1n) is 6.68. The second-order valence-electron chi connectivity index (χ2n) is 5.67. The van der Waals surface area contributed by atoms with E-state index in [0.29, 0.717) is 18.1 Å². The van der Waals surface area contributed by atoms with Crippen molar-refractivity contribution in [3.05, 3.63) is 29.6 Å². The smallest absolute Gasteiger partial charge is 0.229 e. The molecule has 1 amide bonds. The van der Waals surface area contributed by atoms with Gasteiger partial charge in [-0.05, 0) is 31.1 Å². The van der Waals surface area contributed by atoms with Crippen LogP contribution in [0.15, 0.2) is 12.1 Å². The zero-order valence-corrected chi connectivity index (χ0v) is 10.7. The van der Waals surface area contributed by atoms with Gasteiger partial charge in [-0.25, -0.2) is 13.2 Å². The maximum absolute atomic E-state index is 13.5. The molecule has 0 aliphatic heterocycles. The second kappa shape index (κ2) is 4.77. The van der Waals surface area contributed by atoms with Crippen LogP contribution in [0.2, 0.25) is 0 Å². The highest BCUT2D eigenvalue weighted by Gasteiger charge is 2.49. The number of fused-ring (bicyclic) bond motifs is 2. The summed E-state index contributed by atoms with van der Waals surface area (Å²) < 4.78 is 39.4. The van der Waals surface area contributed by atoms with E-state index in [1.165, 1.54) is 0 Å². The third kappa shape index (κ3) is 2.08. The Hall–Kier alpha value is -1.56. The average Bonchev–Trinajstić information content (AvgIpc) is 2.96. The van der Waals surface area contributed by atoms with Crippen LogP contribution in [0.25, 0.3) is 0 Å². The minimum atomic E-state index is -1.28. The van der Waals surface area contributed by atoms with Crippen LogP contribution in [0.5, 0.6) is 0 Å². The van der Waals surface area contributed by atoms with Gasteiger partial charge in [-0.1, -0.05) is 0 Å². The fourth-order valence-electron chi connectivity index (χ4n) is 3.56. The van der Waals surface area contributed by atoms with Gasteiger partial charge in [0, 0.05) is 18.2 Å². The summed E-state index contributed by atoms with van der Waals surface area (Å²) in [5.41, 5.74) is 5.68. The molecule has 0 saturated heterocycles. The van der Waals surface area contributed by atoms with E-state index in [-0.39, 0.29) is 23.6 Å². The molecule has 1 aromatic carbocycles. The molecule has 4 atom stereocenters. The molecule has 6 heteroatoms. The monoisotopic (exact) mass is 284 g/mol. The van der Waals surface area contributed by atoms with Crippen LogP contribution >= 0.6 is 0 Å². The van der Waals surface area contributed by atoms with Crippen molar-refractivity contribution >= 4 is 11.6 Å². The van der Waals surface area contributed by atoms with E-state index in [2.05, 4.69) is 5.32 Å². The van der Waals surface area contributed by atoms with Gasteiger partial charge in [0.25, 0.3) is 0 Å². The number of anilines is 1. The number of nitrogens with two attached hydrogens (primary N) is 1. The molecule has 4 unspecified atom stereocenters. The summed E-state index contributed by atoms with van der Waals surface area (Å²) in [5.74, 6) is -3.70. The molecule has 2 aliphatic rings. The van der Waals surface area contributed by atoms with Crippen molar-refractivity contribution < 1.29 is 18.0 Å². The summed E-state index contributed by atoms with van der Waals surface area (Å²) in [4.78, 5) is 12.2. The molecule has 3 rings (SSSR count). The summed E-state index contributed by atoms with van der Waals surface area (Å²) in [6, 6.07) is 0.842. The van der Waals surface area contributed by atoms with Crippen LogP contribution in [0.1, 0.15) is 19.3 Å². The van der Waals surface area contributed by atoms with Crippen molar-refractivity contribution in [2.45, 2.75) is 25.3 Å². The van der Waals surface area contributed by atoms with Gasteiger partial charge >= 0.3 is 0 Å². The topological polar surface area (TPSA) is 55.1 Å². The standard InChI is InChI=1S/C14H15F3N2O/c15-8-4-10(17)11(5-9(8)16)19-14(20)12-6-1-2-7(3-6)13(12)18/h4-7,12-13H,1-3,18H2,(H,19,20). The predicted molar refractivity (Wildman–Crippen MR) is 67.2 cm³/mol. The summed E-state index contributed by atoms with van der Waals surface area (Å²) in [6.45, 7) is 0. The highest BCUT2D eigenvalue weighted by Crippen LogP contribution is 2.47. The number of amides is 1. The number of carbonyl (C=O) groups excluding carboxylic acids is 1. The van der Waals surface area contributed by atoms with Gasteiger partial charge in [0.05, 0.1) is 11.6 Å². The molecule has 108 valence electrons. The summed E-state index contributed by atoms with van der Waals surface area (Å²) in [6.07, 6.45) is 2.88. The molecular formula is C14H15F3N2O. The van der Waals surface area contributed by atoms with E-state index in [1.807, 2.05) is 0 Å². The number of hydrogen-bond donors (Lipinski definition) is 2. The van der Waals surface area contributed by atoms with Crippen LogP contribution in [0.4, 0.5) is 18.9 Å². The van der Waals surface area contributed by atoms with Gasteiger partial charge in [0.15, 0.2) is 11.6 Å². The van der Waals surface area contributed by atoms with E-state index < -0.39 is 23.4 Å². The van der Waals surface area contributed by atoms with Crippen molar-refractivity contribution in [2.75, 3.05) is 5.32 Å². The van der Waals surface area contributed by atoms with Gasteiger partial charge in [-0.15, -0.1) is 0 Å². The number of halogens is 3. The molecule has 2 aliphatic carbocycles. The van der Waals surface area contributed by atoms with Crippen molar-refractivity contribution in [1.29, 1.82) is 0 Å². The number of carbonyl (C=O) groups is 1. The van der Waals surface area contributed by atoms with Crippen LogP contribution in [0.3, 0.4) is 0 Å². The Bertz CT molecular complexity index is 562. The fourth-order valence-corrected chi connectivity index (χ4v) is 3.56. The molecule has 20 heavy (non-hydrogen) atoms. The Morgan fingerprint density at radius 3 is 2.40 bits per heavy atom. The van der Waals surface area contributed by atoms with E-state index in [9.17, 15) is 18.0 Å². The fraction of sp³-hybridized carbons (Fsp3) is 0.500. The van der Waals surface area contributed by atoms with Gasteiger partial charge < -0.3 is 11.1 Å². The SMILES string of the molecule is NC1C2CCC(C2)C1C(=O)Nc1cc(F)c(F)cc1F. The lowest BCUT2D eigenvalue weighted by Crippen LogP contribution is -2.42. The molecule has 3 nitrogen and oxygen atoms in total. The number of hydrogen-bond acceptors (Lipinski definition) is 2. The van der Waals surface area contributed by atoms with Crippen molar-refractivity contribution in [2.24, 2.45) is 23.5 Å². The molecule has 0 aromatic heterocycles. The average molecular weight is 284 g/mol. The minimum absolute atomic E-state index is 0.211. The molecule has 0 spiro atoms. The first-order valence-corrected chi connectivity index (χ1v) is 6.68. The number of rotatable bonds is 2. The molecule has 0 radical (unpaired) electrons.